The molecule has 0 aromatic rings. The van der Waals surface area contributed by atoms with E-state index in [9.17, 15) is 13.5 Å². The highest BCUT2D eigenvalue weighted by atomic mass is 32.2. The summed E-state index contributed by atoms with van der Waals surface area (Å²) in [6, 6.07) is 0.154. The first-order chi connectivity index (χ1) is 8.83. The monoisotopic (exact) mass is 290 g/mol. The summed E-state index contributed by atoms with van der Waals surface area (Å²) in [4.78, 5) is 0. The number of rotatable bonds is 3. The highest BCUT2D eigenvalue weighted by molar-refractivity contribution is 7.86. The van der Waals surface area contributed by atoms with E-state index in [1.807, 2.05) is 0 Å². The fourth-order valence-corrected chi connectivity index (χ4v) is 4.61. The smallest absolute Gasteiger partial charge is 0.281 e. The number of hydrogen-bond acceptors (Lipinski definition) is 3. The predicted molar refractivity (Wildman–Crippen MR) is 75.0 cm³/mol. The van der Waals surface area contributed by atoms with Gasteiger partial charge in [-0.1, -0.05) is 19.3 Å². The molecule has 1 heterocycles. The van der Waals surface area contributed by atoms with Crippen molar-refractivity contribution in [3.63, 3.8) is 0 Å². The minimum absolute atomic E-state index is 0.154. The zero-order valence-corrected chi connectivity index (χ0v) is 12.8. The third-order valence-corrected chi connectivity index (χ3v) is 6.62. The van der Waals surface area contributed by atoms with Crippen molar-refractivity contribution < 1.29 is 13.5 Å². The average Bonchev–Trinajstić information content (AvgIpc) is 2.38. The molecule has 0 amide bonds. The zero-order chi connectivity index (χ0) is 14.1. The van der Waals surface area contributed by atoms with E-state index in [-0.39, 0.29) is 6.04 Å². The lowest BCUT2D eigenvalue weighted by Gasteiger charge is -2.39. The molecule has 0 aromatic heterocycles. The Hall–Kier alpha value is -0.170. The molecule has 1 saturated carbocycles. The van der Waals surface area contributed by atoms with Gasteiger partial charge in [0.15, 0.2) is 0 Å². The number of hydrogen-bond donors (Lipinski definition) is 1. The van der Waals surface area contributed by atoms with Crippen LogP contribution in [0.3, 0.4) is 0 Å². The minimum Gasteiger partial charge on any atom is -0.390 e. The van der Waals surface area contributed by atoms with Gasteiger partial charge in [0.1, 0.15) is 0 Å². The van der Waals surface area contributed by atoms with Gasteiger partial charge in [0.2, 0.25) is 0 Å². The van der Waals surface area contributed by atoms with Gasteiger partial charge in [-0.25, -0.2) is 0 Å². The molecule has 1 aliphatic carbocycles. The third-order valence-electron chi connectivity index (χ3n) is 4.58. The normalized spacial score (nSPS) is 26.7. The molecule has 0 atom stereocenters. The summed E-state index contributed by atoms with van der Waals surface area (Å²) in [6.45, 7) is 2.63. The van der Waals surface area contributed by atoms with Crippen molar-refractivity contribution in [1.82, 2.24) is 8.61 Å². The summed E-state index contributed by atoms with van der Waals surface area (Å²) in [7, 11) is -1.65. The fourth-order valence-electron chi connectivity index (χ4n) is 3.01. The summed E-state index contributed by atoms with van der Waals surface area (Å²) < 4.78 is 28.2. The Morgan fingerprint density at radius 3 is 2.21 bits per heavy atom. The number of aliphatic hydroxyl groups is 1. The molecule has 1 N–H and O–H groups in total. The standard InChI is InChI=1S/C13H26N2O3S/c1-13(16)8-10-15(11-9-13)19(17,18)14(2)12-6-4-3-5-7-12/h12,16H,3-11H2,1-2H3. The molecule has 2 aliphatic rings. The van der Waals surface area contributed by atoms with Crippen LogP contribution in [-0.2, 0) is 10.2 Å². The Bertz CT molecular complexity index is 392. The van der Waals surface area contributed by atoms with Crippen LogP contribution in [0.25, 0.3) is 0 Å². The summed E-state index contributed by atoms with van der Waals surface area (Å²) in [5.41, 5.74) is -0.713. The van der Waals surface area contributed by atoms with Gasteiger partial charge in [-0.05, 0) is 32.6 Å². The van der Waals surface area contributed by atoms with Crippen LogP contribution >= 0.6 is 0 Å². The summed E-state index contributed by atoms with van der Waals surface area (Å²) in [5.74, 6) is 0. The molecule has 0 unspecified atom stereocenters. The van der Waals surface area contributed by atoms with Crippen molar-refractivity contribution in [2.75, 3.05) is 20.1 Å². The van der Waals surface area contributed by atoms with Gasteiger partial charge in [-0.3, -0.25) is 0 Å². The molecule has 0 bridgehead atoms. The Morgan fingerprint density at radius 1 is 1.16 bits per heavy atom. The van der Waals surface area contributed by atoms with Crippen molar-refractivity contribution in [2.24, 2.45) is 0 Å². The topological polar surface area (TPSA) is 60.9 Å². The largest absolute Gasteiger partial charge is 0.390 e. The Kier molecular flexibility index (Phi) is 4.55. The molecule has 2 fully saturated rings. The zero-order valence-electron chi connectivity index (χ0n) is 12.0. The Morgan fingerprint density at radius 2 is 1.68 bits per heavy atom. The van der Waals surface area contributed by atoms with Gasteiger partial charge in [0, 0.05) is 26.2 Å². The molecule has 1 saturated heterocycles. The van der Waals surface area contributed by atoms with E-state index in [0.29, 0.717) is 25.9 Å². The van der Waals surface area contributed by atoms with Crippen LogP contribution in [0.4, 0.5) is 0 Å². The summed E-state index contributed by atoms with van der Waals surface area (Å²) in [5, 5.41) is 9.91. The van der Waals surface area contributed by atoms with Crippen LogP contribution in [0.1, 0.15) is 51.9 Å². The molecular formula is C13H26N2O3S. The van der Waals surface area contributed by atoms with Crippen LogP contribution in [-0.4, -0.2) is 53.9 Å². The number of nitrogens with zero attached hydrogens (tertiary/aromatic N) is 2. The quantitative estimate of drug-likeness (QED) is 0.853. The molecule has 0 aromatic carbocycles. The van der Waals surface area contributed by atoms with Gasteiger partial charge in [-0.2, -0.15) is 17.0 Å². The van der Waals surface area contributed by atoms with Gasteiger partial charge in [0.25, 0.3) is 10.2 Å². The molecule has 6 heteroatoms. The maximum Gasteiger partial charge on any atom is 0.281 e. The number of piperidine rings is 1. The summed E-state index contributed by atoms with van der Waals surface area (Å²) in [6.07, 6.45) is 6.45. The molecule has 0 radical (unpaired) electrons. The molecule has 112 valence electrons. The highest BCUT2D eigenvalue weighted by Gasteiger charge is 2.37. The average molecular weight is 290 g/mol. The molecular weight excluding hydrogens is 264 g/mol. The van der Waals surface area contributed by atoms with Crippen molar-refractivity contribution >= 4 is 10.2 Å². The maximum absolute atomic E-state index is 12.6. The van der Waals surface area contributed by atoms with Crippen molar-refractivity contribution in [3.05, 3.63) is 0 Å². The fraction of sp³-hybridized carbons (Fsp3) is 1.00. The minimum atomic E-state index is -3.36. The van der Waals surface area contributed by atoms with Crippen LogP contribution in [0.2, 0.25) is 0 Å². The van der Waals surface area contributed by atoms with E-state index in [1.165, 1.54) is 10.7 Å². The molecule has 5 nitrogen and oxygen atoms in total. The van der Waals surface area contributed by atoms with Crippen LogP contribution < -0.4 is 0 Å². The van der Waals surface area contributed by atoms with Crippen molar-refractivity contribution in [2.45, 2.75) is 63.5 Å². The maximum atomic E-state index is 12.6. The molecule has 2 rings (SSSR count). The van der Waals surface area contributed by atoms with E-state index in [0.717, 1.165) is 25.7 Å². The predicted octanol–water partition coefficient (Wildman–Crippen LogP) is 1.34. The Balaban J connectivity index is 2.01. The van der Waals surface area contributed by atoms with Crippen LogP contribution in [0.5, 0.6) is 0 Å². The van der Waals surface area contributed by atoms with E-state index < -0.39 is 15.8 Å². The first kappa shape index (κ1) is 15.2. The Labute approximate surface area is 116 Å². The van der Waals surface area contributed by atoms with E-state index in [2.05, 4.69) is 0 Å². The second-order valence-electron chi connectivity index (χ2n) is 6.21. The van der Waals surface area contributed by atoms with Crippen LogP contribution in [0, 0.1) is 0 Å². The lowest BCUT2D eigenvalue weighted by atomic mass is 9.95. The van der Waals surface area contributed by atoms with Gasteiger partial charge < -0.3 is 5.11 Å². The van der Waals surface area contributed by atoms with Gasteiger partial charge in [0.05, 0.1) is 5.60 Å². The molecule has 1 aliphatic heterocycles. The van der Waals surface area contributed by atoms with E-state index in [4.69, 9.17) is 0 Å². The molecule has 19 heavy (non-hydrogen) atoms. The van der Waals surface area contributed by atoms with Crippen molar-refractivity contribution in [3.8, 4) is 0 Å². The van der Waals surface area contributed by atoms with Gasteiger partial charge in [-0.15, -0.1) is 0 Å². The SMILES string of the molecule is CN(C1CCCCC1)S(=O)(=O)N1CCC(C)(O)CC1. The van der Waals surface area contributed by atoms with Crippen LogP contribution in [0.15, 0.2) is 0 Å². The molecule has 0 spiro atoms. The van der Waals surface area contributed by atoms with Crippen molar-refractivity contribution in [1.29, 1.82) is 0 Å². The summed E-state index contributed by atoms with van der Waals surface area (Å²) >= 11 is 0. The van der Waals surface area contributed by atoms with E-state index >= 15 is 0 Å². The lowest BCUT2D eigenvalue weighted by molar-refractivity contribution is 0.0113. The second kappa shape index (κ2) is 5.68. The lowest BCUT2D eigenvalue weighted by Crippen LogP contribution is -2.52. The van der Waals surface area contributed by atoms with E-state index in [1.54, 1.807) is 18.3 Å². The van der Waals surface area contributed by atoms with Gasteiger partial charge >= 0.3 is 0 Å². The highest BCUT2D eigenvalue weighted by Crippen LogP contribution is 2.28. The second-order valence-corrected chi connectivity index (χ2v) is 8.20. The first-order valence-electron chi connectivity index (χ1n) is 7.28. The first-order valence-corrected chi connectivity index (χ1v) is 8.68. The third kappa shape index (κ3) is 3.48.